The van der Waals surface area contributed by atoms with Gasteiger partial charge in [-0.2, -0.15) is 10.4 Å². The Morgan fingerprint density at radius 1 is 1.29 bits per heavy atom. The van der Waals surface area contributed by atoms with Gasteiger partial charge in [0, 0.05) is 18.6 Å². The molecule has 0 aliphatic heterocycles. The van der Waals surface area contributed by atoms with Crippen molar-refractivity contribution in [1.29, 1.82) is 5.26 Å². The van der Waals surface area contributed by atoms with E-state index in [9.17, 15) is 18.4 Å². The fourth-order valence-corrected chi connectivity index (χ4v) is 1.72. The Hall–Kier alpha value is -2.88. The first-order chi connectivity index (χ1) is 9.99. The predicted octanol–water partition coefficient (Wildman–Crippen LogP) is 1.20. The Kier molecular flexibility index (Phi) is 4.18. The van der Waals surface area contributed by atoms with Crippen LogP contribution in [0.4, 0.5) is 8.78 Å². The second kappa shape index (κ2) is 6.05. The molecule has 1 aromatic heterocycles. The van der Waals surface area contributed by atoms with Crippen molar-refractivity contribution in [2.24, 2.45) is 0 Å². The SMILES string of the molecule is N#Cc1ccc(=O)n(CC(=O)Cc2ccc(F)cc2F)n1. The number of nitrogens with zero attached hydrogens (tertiary/aromatic N) is 3. The van der Waals surface area contributed by atoms with E-state index in [4.69, 9.17) is 5.26 Å². The summed E-state index contributed by atoms with van der Waals surface area (Å²) in [5.74, 6) is -2.04. The second-order valence-corrected chi connectivity index (χ2v) is 4.28. The molecule has 5 nitrogen and oxygen atoms in total. The summed E-state index contributed by atoms with van der Waals surface area (Å²) >= 11 is 0. The normalized spacial score (nSPS) is 10.1. The van der Waals surface area contributed by atoms with Gasteiger partial charge in [0.2, 0.25) is 0 Å². The number of nitriles is 1. The van der Waals surface area contributed by atoms with Gasteiger partial charge in [-0.15, -0.1) is 0 Å². The van der Waals surface area contributed by atoms with E-state index >= 15 is 0 Å². The van der Waals surface area contributed by atoms with Gasteiger partial charge in [0.05, 0.1) is 0 Å². The van der Waals surface area contributed by atoms with Gasteiger partial charge in [0.25, 0.3) is 5.56 Å². The highest BCUT2D eigenvalue weighted by molar-refractivity contribution is 5.80. The molecule has 0 saturated carbocycles. The molecule has 0 bridgehead atoms. The Morgan fingerprint density at radius 2 is 2.05 bits per heavy atom. The van der Waals surface area contributed by atoms with Crippen molar-refractivity contribution in [2.45, 2.75) is 13.0 Å². The smallest absolute Gasteiger partial charge is 0.267 e. The molecule has 0 N–H and O–H groups in total. The lowest BCUT2D eigenvalue weighted by Gasteiger charge is -2.05. The van der Waals surface area contributed by atoms with Gasteiger partial charge in [-0.05, 0) is 17.7 Å². The number of ketones is 1. The molecule has 21 heavy (non-hydrogen) atoms. The summed E-state index contributed by atoms with van der Waals surface area (Å²) in [5, 5.41) is 12.4. The molecule has 0 aliphatic rings. The van der Waals surface area contributed by atoms with Gasteiger partial charge in [0.15, 0.2) is 11.5 Å². The molecule has 2 rings (SSSR count). The summed E-state index contributed by atoms with van der Waals surface area (Å²) < 4.78 is 27.0. The fraction of sp³-hybridized carbons (Fsp3) is 0.143. The zero-order valence-electron chi connectivity index (χ0n) is 10.7. The molecule has 0 aliphatic carbocycles. The standard InChI is InChI=1S/C14H9F2N3O2/c15-10-2-1-9(13(16)6-10)5-12(20)8-19-14(21)4-3-11(7-17)18-19/h1-4,6H,5,8H2. The van der Waals surface area contributed by atoms with E-state index in [1.165, 1.54) is 12.1 Å². The van der Waals surface area contributed by atoms with Crippen molar-refractivity contribution in [3.05, 3.63) is 63.6 Å². The zero-order valence-corrected chi connectivity index (χ0v) is 10.7. The molecule has 0 saturated heterocycles. The Morgan fingerprint density at radius 3 is 2.71 bits per heavy atom. The van der Waals surface area contributed by atoms with Crippen LogP contribution in [0.1, 0.15) is 11.3 Å². The Labute approximate surface area is 118 Å². The lowest BCUT2D eigenvalue weighted by molar-refractivity contribution is -0.119. The summed E-state index contributed by atoms with van der Waals surface area (Å²) in [4.78, 5) is 23.3. The molecule has 106 valence electrons. The number of carbonyl (C=O) groups excluding carboxylic acids is 1. The number of aromatic nitrogens is 2. The van der Waals surface area contributed by atoms with E-state index in [0.29, 0.717) is 6.07 Å². The highest BCUT2D eigenvalue weighted by atomic mass is 19.1. The summed E-state index contributed by atoms with van der Waals surface area (Å²) in [7, 11) is 0. The van der Waals surface area contributed by atoms with E-state index in [0.717, 1.165) is 16.8 Å². The molecule has 0 radical (unpaired) electrons. The van der Waals surface area contributed by atoms with E-state index in [1.807, 2.05) is 0 Å². The van der Waals surface area contributed by atoms with Gasteiger partial charge in [-0.1, -0.05) is 6.07 Å². The third-order valence-electron chi connectivity index (χ3n) is 2.71. The fourth-order valence-electron chi connectivity index (χ4n) is 1.72. The minimum absolute atomic E-state index is 0.00429. The van der Waals surface area contributed by atoms with Crippen LogP contribution < -0.4 is 5.56 Å². The minimum Gasteiger partial charge on any atom is -0.297 e. The number of carbonyl (C=O) groups is 1. The molecule has 0 atom stereocenters. The first-order valence-corrected chi connectivity index (χ1v) is 5.93. The van der Waals surface area contributed by atoms with E-state index in [1.54, 1.807) is 6.07 Å². The molecule has 0 fully saturated rings. The monoisotopic (exact) mass is 289 g/mol. The van der Waals surface area contributed by atoms with Crippen LogP contribution in [0.25, 0.3) is 0 Å². The highest BCUT2D eigenvalue weighted by Crippen LogP contribution is 2.10. The molecule has 0 spiro atoms. The molecular formula is C14H9F2N3O2. The van der Waals surface area contributed by atoms with Crippen molar-refractivity contribution in [3.8, 4) is 6.07 Å². The van der Waals surface area contributed by atoms with Crippen molar-refractivity contribution in [3.63, 3.8) is 0 Å². The van der Waals surface area contributed by atoms with Crippen molar-refractivity contribution >= 4 is 5.78 Å². The van der Waals surface area contributed by atoms with Crippen LogP contribution in [-0.4, -0.2) is 15.6 Å². The van der Waals surface area contributed by atoms with Crippen molar-refractivity contribution in [2.75, 3.05) is 0 Å². The number of halogens is 2. The third kappa shape index (κ3) is 3.57. The van der Waals surface area contributed by atoms with Crippen LogP contribution in [0.15, 0.2) is 35.1 Å². The van der Waals surface area contributed by atoms with E-state index < -0.39 is 23.0 Å². The third-order valence-corrected chi connectivity index (χ3v) is 2.71. The molecule has 1 heterocycles. The topological polar surface area (TPSA) is 75.8 Å². The number of hydrogen-bond donors (Lipinski definition) is 0. The predicted molar refractivity (Wildman–Crippen MR) is 68.3 cm³/mol. The van der Waals surface area contributed by atoms with Gasteiger partial charge in [-0.3, -0.25) is 9.59 Å². The second-order valence-electron chi connectivity index (χ2n) is 4.28. The number of hydrogen-bond acceptors (Lipinski definition) is 4. The molecule has 2 aromatic rings. The van der Waals surface area contributed by atoms with E-state index in [-0.39, 0.29) is 24.2 Å². The van der Waals surface area contributed by atoms with Crippen molar-refractivity contribution < 1.29 is 13.6 Å². The maximum atomic E-state index is 13.4. The van der Waals surface area contributed by atoms with Gasteiger partial charge < -0.3 is 0 Å². The molecule has 0 amide bonds. The number of benzene rings is 1. The molecule has 0 unspecified atom stereocenters. The summed E-state index contributed by atoms with van der Waals surface area (Å²) in [6.07, 6.45) is -0.295. The average molecular weight is 289 g/mol. The largest absolute Gasteiger partial charge is 0.297 e. The van der Waals surface area contributed by atoms with Crippen molar-refractivity contribution in [1.82, 2.24) is 9.78 Å². The molecule has 7 heteroatoms. The Balaban J connectivity index is 2.15. The summed E-state index contributed by atoms with van der Waals surface area (Å²) in [6, 6.07) is 7.01. The van der Waals surface area contributed by atoms with Gasteiger partial charge in [0.1, 0.15) is 24.2 Å². The van der Waals surface area contributed by atoms with Gasteiger partial charge in [-0.25, -0.2) is 13.5 Å². The first kappa shape index (κ1) is 14.5. The van der Waals surface area contributed by atoms with Crippen LogP contribution in [-0.2, 0) is 17.8 Å². The Bertz CT molecular complexity index is 794. The number of rotatable bonds is 4. The van der Waals surface area contributed by atoms with Crippen LogP contribution in [0.2, 0.25) is 0 Å². The summed E-state index contributed by atoms with van der Waals surface area (Å²) in [5.41, 5.74) is -0.511. The van der Waals surface area contributed by atoms with Crippen LogP contribution in [0.5, 0.6) is 0 Å². The highest BCUT2D eigenvalue weighted by Gasteiger charge is 2.11. The first-order valence-electron chi connectivity index (χ1n) is 5.93. The van der Waals surface area contributed by atoms with E-state index in [2.05, 4.69) is 5.10 Å². The average Bonchev–Trinajstić information content (AvgIpc) is 2.44. The van der Waals surface area contributed by atoms with Gasteiger partial charge >= 0.3 is 0 Å². The molecule has 1 aromatic carbocycles. The van der Waals surface area contributed by atoms with Crippen LogP contribution >= 0.6 is 0 Å². The zero-order chi connectivity index (χ0) is 15.4. The maximum absolute atomic E-state index is 13.4. The van der Waals surface area contributed by atoms with Crippen LogP contribution in [0, 0.1) is 23.0 Å². The quantitative estimate of drug-likeness (QED) is 0.847. The minimum atomic E-state index is -0.825. The maximum Gasteiger partial charge on any atom is 0.267 e. The van der Waals surface area contributed by atoms with Crippen LogP contribution in [0.3, 0.4) is 0 Å². The lowest BCUT2D eigenvalue weighted by atomic mass is 10.1. The number of Topliss-reactive ketones (excluding diaryl/α,β-unsaturated/α-hetero) is 1. The summed E-state index contributed by atoms with van der Waals surface area (Å²) in [6.45, 7) is -0.384. The lowest BCUT2D eigenvalue weighted by Crippen LogP contribution is -2.27. The molecular weight excluding hydrogens is 280 g/mol.